The lowest BCUT2D eigenvalue weighted by atomic mass is 10.3. The van der Waals surface area contributed by atoms with E-state index in [-0.39, 0.29) is 0 Å². The molecular weight excluding hydrogens is 216 g/mol. The molecule has 17 heavy (non-hydrogen) atoms. The van der Waals surface area contributed by atoms with E-state index in [0.29, 0.717) is 17.9 Å². The Balaban J connectivity index is 1.83. The van der Waals surface area contributed by atoms with Gasteiger partial charge in [0, 0.05) is 30.9 Å². The summed E-state index contributed by atoms with van der Waals surface area (Å²) in [5, 5.41) is 3.24. The van der Waals surface area contributed by atoms with Crippen LogP contribution in [0.25, 0.3) is 0 Å². The number of nitrogens with zero attached hydrogens (tertiary/aromatic N) is 3. The molecule has 1 aromatic heterocycles. The smallest absolute Gasteiger partial charge is 0.225 e. The fourth-order valence-corrected chi connectivity index (χ4v) is 1.77. The van der Waals surface area contributed by atoms with Gasteiger partial charge in [-0.25, -0.2) is 4.98 Å². The monoisotopic (exact) mass is 236 g/mol. The lowest BCUT2D eigenvalue weighted by molar-refractivity contribution is 0.257. The molecule has 1 saturated carbocycles. The van der Waals surface area contributed by atoms with Crippen molar-refractivity contribution in [1.29, 1.82) is 0 Å². The quantitative estimate of drug-likeness (QED) is 0.808. The van der Waals surface area contributed by atoms with Crippen LogP contribution in [0.15, 0.2) is 12.3 Å². The van der Waals surface area contributed by atoms with E-state index in [1.165, 1.54) is 12.8 Å². The molecule has 0 spiro atoms. The van der Waals surface area contributed by atoms with Gasteiger partial charge in [-0.1, -0.05) is 0 Å². The first-order chi connectivity index (χ1) is 8.20. The van der Waals surface area contributed by atoms with E-state index in [9.17, 15) is 0 Å². The van der Waals surface area contributed by atoms with E-state index >= 15 is 0 Å². The largest absolute Gasteiger partial charge is 0.481 e. The molecule has 0 aliphatic heterocycles. The third-order valence-electron chi connectivity index (χ3n) is 3.21. The second-order valence-electron chi connectivity index (χ2n) is 4.55. The van der Waals surface area contributed by atoms with Crippen LogP contribution in [-0.4, -0.2) is 47.7 Å². The average Bonchev–Trinajstić information content (AvgIpc) is 3.19. The summed E-state index contributed by atoms with van der Waals surface area (Å²) < 4.78 is 5.06. The molecule has 0 aromatic carbocycles. The van der Waals surface area contributed by atoms with Crippen LogP contribution in [0, 0.1) is 0 Å². The first kappa shape index (κ1) is 12.1. The van der Waals surface area contributed by atoms with Crippen LogP contribution in [0.3, 0.4) is 0 Å². The molecule has 5 nitrogen and oxygen atoms in total. The van der Waals surface area contributed by atoms with Gasteiger partial charge in [0.25, 0.3) is 0 Å². The maximum absolute atomic E-state index is 5.06. The molecule has 1 aromatic rings. The molecule has 1 atom stereocenters. The molecule has 1 unspecified atom stereocenters. The maximum atomic E-state index is 5.06. The first-order valence-electron chi connectivity index (χ1n) is 6.03. The number of methoxy groups -OCH3 is 1. The standard InChI is InChI=1S/C12H20N4O/c1-9(16(2)10-4-5-10)8-14-12-13-7-6-11(15-12)17-3/h6-7,9-10H,4-5,8H2,1-3H3,(H,13,14,15). The maximum Gasteiger partial charge on any atom is 0.225 e. The van der Waals surface area contributed by atoms with Gasteiger partial charge in [0.15, 0.2) is 0 Å². The fraction of sp³-hybridized carbons (Fsp3) is 0.667. The van der Waals surface area contributed by atoms with Gasteiger partial charge in [-0.3, -0.25) is 4.90 Å². The van der Waals surface area contributed by atoms with Crippen LogP contribution in [0.1, 0.15) is 19.8 Å². The molecule has 94 valence electrons. The Kier molecular flexibility index (Phi) is 3.78. The topological polar surface area (TPSA) is 50.3 Å². The molecule has 0 radical (unpaired) electrons. The second-order valence-corrected chi connectivity index (χ2v) is 4.55. The van der Waals surface area contributed by atoms with Crippen LogP contribution in [-0.2, 0) is 0 Å². The van der Waals surface area contributed by atoms with Crippen molar-refractivity contribution < 1.29 is 4.74 Å². The van der Waals surface area contributed by atoms with E-state index in [4.69, 9.17) is 4.74 Å². The van der Waals surface area contributed by atoms with Crippen LogP contribution in [0.4, 0.5) is 5.95 Å². The summed E-state index contributed by atoms with van der Waals surface area (Å²) in [4.78, 5) is 10.8. The highest BCUT2D eigenvalue weighted by atomic mass is 16.5. The van der Waals surface area contributed by atoms with Crippen molar-refractivity contribution >= 4 is 5.95 Å². The normalized spacial score (nSPS) is 16.9. The number of rotatable bonds is 6. The zero-order valence-electron chi connectivity index (χ0n) is 10.7. The van der Waals surface area contributed by atoms with Gasteiger partial charge >= 0.3 is 0 Å². The number of anilines is 1. The van der Waals surface area contributed by atoms with E-state index in [0.717, 1.165) is 12.6 Å². The lowest BCUT2D eigenvalue weighted by Crippen LogP contribution is -2.36. The Morgan fingerprint density at radius 1 is 1.59 bits per heavy atom. The third-order valence-corrected chi connectivity index (χ3v) is 3.21. The van der Waals surface area contributed by atoms with Gasteiger partial charge in [-0.2, -0.15) is 4.98 Å². The van der Waals surface area contributed by atoms with Gasteiger partial charge in [0.2, 0.25) is 11.8 Å². The van der Waals surface area contributed by atoms with E-state index in [2.05, 4.69) is 34.2 Å². The predicted octanol–water partition coefficient (Wildman–Crippen LogP) is 1.38. The molecule has 2 rings (SSSR count). The second kappa shape index (κ2) is 5.31. The average molecular weight is 236 g/mol. The molecule has 1 N–H and O–H groups in total. The lowest BCUT2D eigenvalue weighted by Gasteiger charge is -2.24. The predicted molar refractivity (Wildman–Crippen MR) is 67.3 cm³/mol. The van der Waals surface area contributed by atoms with Crippen molar-refractivity contribution in [2.45, 2.75) is 31.8 Å². The highest BCUT2D eigenvalue weighted by molar-refractivity contribution is 5.27. The number of likely N-dealkylation sites (N-methyl/N-ethyl adjacent to an activating group) is 1. The number of hydrogen-bond acceptors (Lipinski definition) is 5. The molecular formula is C12H20N4O. The molecule has 1 fully saturated rings. The Morgan fingerprint density at radius 3 is 3.00 bits per heavy atom. The highest BCUT2D eigenvalue weighted by Crippen LogP contribution is 2.26. The van der Waals surface area contributed by atoms with Crippen LogP contribution < -0.4 is 10.1 Å². The third kappa shape index (κ3) is 3.30. The van der Waals surface area contributed by atoms with Crippen molar-refractivity contribution in [1.82, 2.24) is 14.9 Å². The summed E-state index contributed by atoms with van der Waals surface area (Å²) in [6.07, 6.45) is 4.36. The molecule has 0 saturated heterocycles. The first-order valence-corrected chi connectivity index (χ1v) is 6.03. The molecule has 0 bridgehead atoms. The van der Waals surface area contributed by atoms with Gasteiger partial charge in [-0.15, -0.1) is 0 Å². The summed E-state index contributed by atoms with van der Waals surface area (Å²) >= 11 is 0. The van der Waals surface area contributed by atoms with Gasteiger partial charge in [0.05, 0.1) is 7.11 Å². The minimum absolute atomic E-state index is 0.484. The molecule has 1 aliphatic carbocycles. The number of nitrogens with one attached hydrogen (secondary N) is 1. The zero-order valence-corrected chi connectivity index (χ0v) is 10.7. The summed E-state index contributed by atoms with van der Waals surface area (Å²) in [6.45, 7) is 3.06. The van der Waals surface area contributed by atoms with Gasteiger partial charge in [-0.05, 0) is 26.8 Å². The highest BCUT2D eigenvalue weighted by Gasteiger charge is 2.28. The Morgan fingerprint density at radius 2 is 2.35 bits per heavy atom. The van der Waals surface area contributed by atoms with Crippen molar-refractivity contribution in [3.05, 3.63) is 12.3 Å². The molecule has 5 heteroatoms. The Bertz CT molecular complexity index is 367. The van der Waals surface area contributed by atoms with Crippen molar-refractivity contribution in [3.8, 4) is 5.88 Å². The summed E-state index contributed by atoms with van der Waals surface area (Å²) in [5.41, 5.74) is 0. The zero-order chi connectivity index (χ0) is 12.3. The Hall–Kier alpha value is -1.36. The minimum Gasteiger partial charge on any atom is -0.481 e. The molecule has 1 aliphatic rings. The van der Waals surface area contributed by atoms with Crippen LogP contribution >= 0.6 is 0 Å². The molecule has 0 amide bonds. The van der Waals surface area contributed by atoms with Crippen molar-refractivity contribution in [2.24, 2.45) is 0 Å². The van der Waals surface area contributed by atoms with Gasteiger partial charge < -0.3 is 10.1 Å². The van der Waals surface area contributed by atoms with Crippen molar-refractivity contribution in [2.75, 3.05) is 26.0 Å². The van der Waals surface area contributed by atoms with Crippen LogP contribution in [0.5, 0.6) is 5.88 Å². The van der Waals surface area contributed by atoms with Gasteiger partial charge in [0.1, 0.15) is 0 Å². The number of hydrogen-bond donors (Lipinski definition) is 1. The van der Waals surface area contributed by atoms with E-state index in [1.807, 2.05) is 0 Å². The summed E-state index contributed by atoms with van der Waals surface area (Å²) in [5.74, 6) is 1.21. The minimum atomic E-state index is 0.484. The molecule has 1 heterocycles. The fourth-order valence-electron chi connectivity index (χ4n) is 1.77. The number of ether oxygens (including phenoxy) is 1. The SMILES string of the molecule is COc1ccnc(NCC(C)N(C)C2CC2)n1. The Labute approximate surface area is 102 Å². The summed E-state index contributed by atoms with van der Waals surface area (Å²) in [6, 6.07) is 3.00. The van der Waals surface area contributed by atoms with E-state index in [1.54, 1.807) is 19.4 Å². The van der Waals surface area contributed by atoms with Crippen molar-refractivity contribution in [3.63, 3.8) is 0 Å². The van der Waals surface area contributed by atoms with Crippen LogP contribution in [0.2, 0.25) is 0 Å². The number of aromatic nitrogens is 2. The summed E-state index contributed by atoms with van der Waals surface area (Å²) in [7, 11) is 3.78. The van der Waals surface area contributed by atoms with E-state index < -0.39 is 0 Å².